The maximum atomic E-state index is 9.20. The zero-order chi connectivity index (χ0) is 11.7. The highest BCUT2D eigenvalue weighted by Gasteiger charge is 2.36. The molecule has 0 aromatic rings. The van der Waals surface area contributed by atoms with Gasteiger partial charge in [0, 0.05) is 24.6 Å². The van der Waals surface area contributed by atoms with E-state index in [-0.39, 0.29) is 12.0 Å². The molecule has 0 aromatic heterocycles. The van der Waals surface area contributed by atoms with Crippen LogP contribution < -0.4 is 5.32 Å². The Balaban J connectivity index is 2.41. The van der Waals surface area contributed by atoms with Gasteiger partial charge in [-0.05, 0) is 24.2 Å². The van der Waals surface area contributed by atoms with E-state index in [9.17, 15) is 5.11 Å². The van der Waals surface area contributed by atoms with Crippen molar-refractivity contribution in [3.05, 3.63) is 0 Å². The molecular formula is C13H27NO. The molecule has 0 aromatic carbocycles. The quantitative estimate of drug-likeness (QED) is 0.751. The van der Waals surface area contributed by atoms with Gasteiger partial charge in [-0.3, -0.25) is 0 Å². The molecule has 0 spiro atoms. The monoisotopic (exact) mass is 213 g/mol. The SMILES string of the molecule is CC1CC(C)(C)CC1NCC(C)(C)CO. The van der Waals surface area contributed by atoms with Crippen molar-refractivity contribution in [3.63, 3.8) is 0 Å². The summed E-state index contributed by atoms with van der Waals surface area (Å²) in [5.74, 6) is 0.759. The van der Waals surface area contributed by atoms with Gasteiger partial charge in [0.05, 0.1) is 0 Å². The Morgan fingerprint density at radius 2 is 1.93 bits per heavy atom. The zero-order valence-corrected chi connectivity index (χ0v) is 10.9. The van der Waals surface area contributed by atoms with Crippen molar-refractivity contribution in [1.29, 1.82) is 0 Å². The van der Waals surface area contributed by atoms with E-state index in [1.807, 2.05) is 0 Å². The predicted octanol–water partition coefficient (Wildman–Crippen LogP) is 2.42. The summed E-state index contributed by atoms with van der Waals surface area (Å²) >= 11 is 0. The van der Waals surface area contributed by atoms with Crippen LogP contribution in [0.1, 0.15) is 47.5 Å². The minimum absolute atomic E-state index is 0.00640. The lowest BCUT2D eigenvalue weighted by Crippen LogP contribution is -2.40. The lowest BCUT2D eigenvalue weighted by molar-refractivity contribution is 0.150. The van der Waals surface area contributed by atoms with Crippen LogP contribution >= 0.6 is 0 Å². The van der Waals surface area contributed by atoms with E-state index in [0.29, 0.717) is 11.5 Å². The van der Waals surface area contributed by atoms with Crippen LogP contribution in [0.5, 0.6) is 0 Å². The molecule has 1 aliphatic rings. The molecule has 0 amide bonds. The second kappa shape index (κ2) is 4.42. The summed E-state index contributed by atoms with van der Waals surface area (Å²) in [6.45, 7) is 12.4. The van der Waals surface area contributed by atoms with Gasteiger partial charge in [-0.25, -0.2) is 0 Å². The summed E-state index contributed by atoms with van der Waals surface area (Å²) in [6, 6.07) is 0.630. The minimum atomic E-state index is 0.00640. The van der Waals surface area contributed by atoms with Gasteiger partial charge in [-0.1, -0.05) is 34.6 Å². The third kappa shape index (κ3) is 3.76. The van der Waals surface area contributed by atoms with E-state index in [1.165, 1.54) is 12.8 Å². The number of aliphatic hydroxyl groups excluding tert-OH is 1. The highest BCUT2D eigenvalue weighted by atomic mass is 16.3. The zero-order valence-electron chi connectivity index (χ0n) is 10.9. The molecule has 2 atom stereocenters. The lowest BCUT2D eigenvalue weighted by Gasteiger charge is -2.26. The van der Waals surface area contributed by atoms with E-state index in [0.717, 1.165) is 12.5 Å². The van der Waals surface area contributed by atoms with Crippen molar-refractivity contribution in [3.8, 4) is 0 Å². The second-order valence-electron chi connectivity index (χ2n) is 6.86. The summed E-state index contributed by atoms with van der Waals surface area (Å²) in [5.41, 5.74) is 0.493. The average molecular weight is 213 g/mol. The van der Waals surface area contributed by atoms with Crippen molar-refractivity contribution in [2.45, 2.75) is 53.5 Å². The molecular weight excluding hydrogens is 186 g/mol. The Morgan fingerprint density at radius 1 is 1.33 bits per heavy atom. The van der Waals surface area contributed by atoms with Crippen LogP contribution in [0.4, 0.5) is 0 Å². The first-order chi connectivity index (χ1) is 6.76. The predicted molar refractivity (Wildman–Crippen MR) is 64.8 cm³/mol. The molecule has 0 saturated heterocycles. The fourth-order valence-electron chi connectivity index (χ4n) is 2.63. The molecule has 15 heavy (non-hydrogen) atoms. The first kappa shape index (κ1) is 13.0. The number of rotatable bonds is 4. The van der Waals surface area contributed by atoms with Gasteiger partial charge < -0.3 is 10.4 Å². The van der Waals surface area contributed by atoms with Gasteiger partial charge in [0.1, 0.15) is 0 Å². The number of hydrogen-bond acceptors (Lipinski definition) is 2. The Labute approximate surface area is 94.5 Å². The Bertz CT molecular complexity index is 211. The van der Waals surface area contributed by atoms with Crippen LogP contribution in [0, 0.1) is 16.7 Å². The summed E-state index contributed by atoms with van der Waals surface area (Å²) in [6.07, 6.45) is 2.57. The van der Waals surface area contributed by atoms with Gasteiger partial charge in [0.25, 0.3) is 0 Å². The summed E-state index contributed by atoms with van der Waals surface area (Å²) in [5, 5.41) is 12.8. The number of hydrogen-bond donors (Lipinski definition) is 2. The standard InChI is InChI=1S/C13H27NO/c1-10-6-12(2,3)7-11(10)14-8-13(4,5)9-15/h10-11,14-15H,6-9H2,1-5H3. The molecule has 0 heterocycles. The van der Waals surface area contributed by atoms with Crippen molar-refractivity contribution in [2.24, 2.45) is 16.7 Å². The Kier molecular flexibility index (Phi) is 3.83. The van der Waals surface area contributed by atoms with Gasteiger partial charge in [0.2, 0.25) is 0 Å². The van der Waals surface area contributed by atoms with Crippen molar-refractivity contribution in [1.82, 2.24) is 5.32 Å². The van der Waals surface area contributed by atoms with Gasteiger partial charge in [-0.2, -0.15) is 0 Å². The molecule has 1 aliphatic carbocycles. The molecule has 1 saturated carbocycles. The normalized spacial score (nSPS) is 30.8. The van der Waals surface area contributed by atoms with Crippen molar-refractivity contribution in [2.75, 3.05) is 13.2 Å². The smallest absolute Gasteiger partial charge is 0.0494 e. The third-order valence-electron chi connectivity index (χ3n) is 3.60. The molecule has 2 nitrogen and oxygen atoms in total. The van der Waals surface area contributed by atoms with E-state index < -0.39 is 0 Å². The molecule has 0 aliphatic heterocycles. The van der Waals surface area contributed by atoms with Gasteiger partial charge >= 0.3 is 0 Å². The van der Waals surface area contributed by atoms with E-state index in [2.05, 4.69) is 39.9 Å². The lowest BCUT2D eigenvalue weighted by atomic mass is 9.91. The molecule has 0 radical (unpaired) electrons. The Morgan fingerprint density at radius 3 is 2.33 bits per heavy atom. The molecule has 1 rings (SSSR count). The molecule has 1 fully saturated rings. The van der Waals surface area contributed by atoms with Gasteiger partial charge in [0.15, 0.2) is 0 Å². The van der Waals surface area contributed by atoms with Crippen LogP contribution in [-0.4, -0.2) is 24.3 Å². The largest absolute Gasteiger partial charge is 0.396 e. The fourth-order valence-corrected chi connectivity index (χ4v) is 2.63. The van der Waals surface area contributed by atoms with Crippen LogP contribution in [0.15, 0.2) is 0 Å². The van der Waals surface area contributed by atoms with E-state index in [1.54, 1.807) is 0 Å². The maximum absolute atomic E-state index is 9.20. The fraction of sp³-hybridized carbons (Fsp3) is 1.00. The van der Waals surface area contributed by atoms with E-state index in [4.69, 9.17) is 0 Å². The molecule has 2 N–H and O–H groups in total. The topological polar surface area (TPSA) is 32.3 Å². The summed E-state index contributed by atoms with van der Waals surface area (Å²) < 4.78 is 0. The number of aliphatic hydroxyl groups is 1. The second-order valence-corrected chi connectivity index (χ2v) is 6.86. The van der Waals surface area contributed by atoms with Crippen LogP contribution in [0.3, 0.4) is 0 Å². The highest BCUT2D eigenvalue weighted by molar-refractivity contribution is 4.91. The number of nitrogens with one attached hydrogen (secondary N) is 1. The first-order valence-electron chi connectivity index (χ1n) is 6.10. The van der Waals surface area contributed by atoms with E-state index >= 15 is 0 Å². The molecule has 90 valence electrons. The maximum Gasteiger partial charge on any atom is 0.0494 e. The third-order valence-corrected chi connectivity index (χ3v) is 3.60. The summed E-state index contributed by atoms with van der Waals surface area (Å²) in [4.78, 5) is 0. The van der Waals surface area contributed by atoms with Gasteiger partial charge in [-0.15, -0.1) is 0 Å². The minimum Gasteiger partial charge on any atom is -0.396 e. The van der Waals surface area contributed by atoms with Crippen LogP contribution in [0.25, 0.3) is 0 Å². The molecule has 2 heteroatoms. The van der Waals surface area contributed by atoms with Crippen molar-refractivity contribution < 1.29 is 5.11 Å². The van der Waals surface area contributed by atoms with Crippen LogP contribution in [0.2, 0.25) is 0 Å². The average Bonchev–Trinajstić information content (AvgIpc) is 2.36. The van der Waals surface area contributed by atoms with Crippen molar-refractivity contribution >= 4 is 0 Å². The highest BCUT2D eigenvalue weighted by Crippen LogP contribution is 2.40. The van der Waals surface area contributed by atoms with Crippen LogP contribution in [-0.2, 0) is 0 Å². The molecule has 0 bridgehead atoms. The first-order valence-corrected chi connectivity index (χ1v) is 6.10. The molecule has 2 unspecified atom stereocenters. The Hall–Kier alpha value is -0.0800. The summed E-state index contributed by atoms with van der Waals surface area (Å²) in [7, 11) is 0.